The van der Waals surface area contributed by atoms with Crippen molar-refractivity contribution in [3.8, 4) is 0 Å². The third kappa shape index (κ3) is 4.80. The molecule has 0 radical (unpaired) electrons. The summed E-state index contributed by atoms with van der Waals surface area (Å²) in [7, 11) is 0. The van der Waals surface area contributed by atoms with E-state index in [0.717, 1.165) is 6.92 Å². The van der Waals surface area contributed by atoms with E-state index in [2.05, 4.69) is 0 Å². The topological polar surface area (TPSA) is 107 Å². The summed E-state index contributed by atoms with van der Waals surface area (Å²) < 4.78 is 4.77. The summed E-state index contributed by atoms with van der Waals surface area (Å²) in [6.07, 6.45) is -0.0318. The highest BCUT2D eigenvalue weighted by Crippen LogP contribution is 2.10. The minimum absolute atomic E-state index is 0.289. The largest absolute Gasteiger partial charge is 0.493 e. The molecule has 0 aromatic carbocycles. The molecule has 6 heteroatoms. The molecule has 0 spiro atoms. The third-order valence-corrected chi connectivity index (χ3v) is 1.44. The highest BCUT2D eigenvalue weighted by atomic mass is 16.5. The Balaban J connectivity index is 0.000000364. The molecule has 1 rings (SSSR count). The fourth-order valence-electron chi connectivity index (χ4n) is 0.792. The Morgan fingerprint density at radius 3 is 2.36 bits per heavy atom. The number of aliphatic hydroxyl groups excluding tert-OH is 3. The lowest BCUT2D eigenvalue weighted by atomic mass is 10.1. The molecule has 0 bridgehead atoms. The fourth-order valence-corrected chi connectivity index (χ4v) is 0.792. The Bertz CT molecular complexity index is 198. The molecule has 4 N–H and O–H groups in total. The van der Waals surface area contributed by atoms with Gasteiger partial charge in [0, 0.05) is 6.92 Å². The zero-order chi connectivity index (χ0) is 11.1. The van der Waals surface area contributed by atoms with E-state index in [9.17, 15) is 0 Å². The number of aliphatic carboxylic acids is 1. The lowest BCUT2D eigenvalue weighted by Gasteiger charge is -2.26. The van der Waals surface area contributed by atoms with Crippen LogP contribution in [0.1, 0.15) is 6.92 Å². The quantitative estimate of drug-likeness (QED) is 0.425. The smallest absolute Gasteiger partial charge is 0.300 e. The third-order valence-electron chi connectivity index (χ3n) is 1.44. The molecule has 3 atom stereocenters. The van der Waals surface area contributed by atoms with Crippen LogP contribution < -0.4 is 0 Å². The summed E-state index contributed by atoms with van der Waals surface area (Å²) in [4.78, 5) is 9.00. The first-order chi connectivity index (χ1) is 6.49. The Kier molecular flexibility index (Phi) is 5.86. The predicted octanol–water partition coefficient (Wildman–Crippen LogP) is -1.30. The van der Waals surface area contributed by atoms with E-state index < -0.39 is 24.3 Å². The molecule has 6 nitrogen and oxygen atoms in total. The van der Waals surface area contributed by atoms with Crippen LogP contribution in [0.15, 0.2) is 12.3 Å². The molecule has 0 aromatic heterocycles. The molecule has 0 amide bonds. The van der Waals surface area contributed by atoms with Gasteiger partial charge >= 0.3 is 0 Å². The summed E-state index contributed by atoms with van der Waals surface area (Å²) in [6.45, 7) is 0.794. The Morgan fingerprint density at radius 1 is 1.50 bits per heavy atom. The van der Waals surface area contributed by atoms with Crippen molar-refractivity contribution in [3.63, 3.8) is 0 Å². The molecule has 82 valence electrons. The van der Waals surface area contributed by atoms with E-state index in [1.165, 1.54) is 12.3 Å². The first-order valence-corrected chi connectivity index (χ1v) is 3.97. The van der Waals surface area contributed by atoms with Crippen molar-refractivity contribution in [3.05, 3.63) is 12.3 Å². The zero-order valence-corrected chi connectivity index (χ0v) is 7.70. The molecular weight excluding hydrogens is 192 g/mol. The van der Waals surface area contributed by atoms with Crippen LogP contribution in [-0.2, 0) is 9.53 Å². The Labute approximate surface area is 81.1 Å². The molecule has 0 unspecified atom stereocenters. The first kappa shape index (κ1) is 12.9. The minimum Gasteiger partial charge on any atom is -0.493 e. The molecule has 0 saturated carbocycles. The zero-order valence-electron chi connectivity index (χ0n) is 7.70. The van der Waals surface area contributed by atoms with Crippen molar-refractivity contribution < 1.29 is 30.0 Å². The van der Waals surface area contributed by atoms with Crippen LogP contribution in [0.2, 0.25) is 0 Å². The van der Waals surface area contributed by atoms with Gasteiger partial charge in [-0.3, -0.25) is 4.79 Å². The van der Waals surface area contributed by atoms with Crippen molar-refractivity contribution in [2.75, 3.05) is 6.61 Å². The number of carbonyl (C=O) groups is 1. The van der Waals surface area contributed by atoms with Gasteiger partial charge in [-0.1, -0.05) is 0 Å². The molecule has 14 heavy (non-hydrogen) atoms. The molecule has 0 saturated heterocycles. The van der Waals surface area contributed by atoms with Gasteiger partial charge < -0.3 is 25.2 Å². The van der Waals surface area contributed by atoms with Gasteiger partial charge in [-0.25, -0.2) is 0 Å². The number of hydrogen-bond donors (Lipinski definition) is 4. The van der Waals surface area contributed by atoms with Crippen molar-refractivity contribution in [2.45, 2.75) is 25.2 Å². The SMILES string of the molecule is CC(=O)O.OC[C@H]1OC=C[C@@H](O)[C@H]1O. The Morgan fingerprint density at radius 2 is 2.00 bits per heavy atom. The lowest BCUT2D eigenvalue weighted by Crippen LogP contribution is -2.42. The highest BCUT2D eigenvalue weighted by molar-refractivity contribution is 5.62. The lowest BCUT2D eigenvalue weighted by molar-refractivity contribution is -0.134. The maximum absolute atomic E-state index is 9.05. The minimum atomic E-state index is -1.02. The summed E-state index contributed by atoms with van der Waals surface area (Å²) in [5.41, 5.74) is 0. The number of hydrogen-bond acceptors (Lipinski definition) is 5. The summed E-state index contributed by atoms with van der Waals surface area (Å²) in [5, 5.41) is 34.0. The van der Waals surface area contributed by atoms with Gasteiger partial charge in [0.05, 0.1) is 12.9 Å². The predicted molar refractivity (Wildman–Crippen MR) is 46.4 cm³/mol. The van der Waals surface area contributed by atoms with Gasteiger partial charge in [0.25, 0.3) is 5.97 Å². The van der Waals surface area contributed by atoms with E-state index in [0.29, 0.717) is 0 Å². The Hall–Kier alpha value is -1.11. The molecule has 1 aliphatic rings. The van der Waals surface area contributed by atoms with Gasteiger partial charge in [0.2, 0.25) is 0 Å². The van der Waals surface area contributed by atoms with Gasteiger partial charge in [-0.15, -0.1) is 0 Å². The summed E-state index contributed by atoms with van der Waals surface area (Å²) >= 11 is 0. The molecule has 0 aromatic rings. The van der Waals surface area contributed by atoms with Crippen LogP contribution in [0, 0.1) is 0 Å². The average molecular weight is 206 g/mol. The van der Waals surface area contributed by atoms with E-state index in [1.807, 2.05) is 0 Å². The monoisotopic (exact) mass is 206 g/mol. The maximum atomic E-state index is 9.05. The number of carboxylic acid groups (broad SMARTS) is 1. The van der Waals surface area contributed by atoms with E-state index >= 15 is 0 Å². The van der Waals surface area contributed by atoms with Crippen LogP contribution in [0.3, 0.4) is 0 Å². The van der Waals surface area contributed by atoms with Crippen molar-refractivity contribution in [1.82, 2.24) is 0 Å². The molecule has 1 aliphatic heterocycles. The number of carboxylic acids is 1. The van der Waals surface area contributed by atoms with E-state index in [4.69, 9.17) is 30.0 Å². The molecule has 1 heterocycles. The van der Waals surface area contributed by atoms with Crippen molar-refractivity contribution >= 4 is 5.97 Å². The van der Waals surface area contributed by atoms with Crippen LogP contribution in [-0.4, -0.2) is 51.3 Å². The van der Waals surface area contributed by atoms with E-state index in [1.54, 1.807) is 0 Å². The average Bonchev–Trinajstić information content (AvgIpc) is 2.09. The number of rotatable bonds is 1. The summed E-state index contributed by atoms with van der Waals surface area (Å²) in [5.74, 6) is -0.833. The molecule has 0 aliphatic carbocycles. The highest BCUT2D eigenvalue weighted by Gasteiger charge is 2.27. The van der Waals surface area contributed by atoms with Crippen LogP contribution >= 0.6 is 0 Å². The molecule has 0 fully saturated rings. The van der Waals surface area contributed by atoms with Crippen LogP contribution in [0.25, 0.3) is 0 Å². The molecular formula is C8H14O6. The van der Waals surface area contributed by atoms with Crippen LogP contribution in [0.5, 0.6) is 0 Å². The second-order valence-corrected chi connectivity index (χ2v) is 2.69. The van der Waals surface area contributed by atoms with Gasteiger partial charge in [-0.2, -0.15) is 0 Å². The first-order valence-electron chi connectivity index (χ1n) is 3.97. The fraction of sp³-hybridized carbons (Fsp3) is 0.625. The van der Waals surface area contributed by atoms with E-state index in [-0.39, 0.29) is 6.61 Å². The maximum Gasteiger partial charge on any atom is 0.300 e. The van der Waals surface area contributed by atoms with Gasteiger partial charge in [0.1, 0.15) is 18.3 Å². The normalized spacial score (nSPS) is 29.9. The second-order valence-electron chi connectivity index (χ2n) is 2.69. The van der Waals surface area contributed by atoms with Crippen molar-refractivity contribution in [2.24, 2.45) is 0 Å². The second kappa shape index (κ2) is 6.36. The number of aliphatic hydroxyl groups is 3. The summed E-state index contributed by atoms with van der Waals surface area (Å²) in [6, 6.07) is 0. The number of ether oxygens (including phenoxy) is 1. The van der Waals surface area contributed by atoms with Crippen LogP contribution in [0.4, 0.5) is 0 Å². The van der Waals surface area contributed by atoms with Gasteiger partial charge in [0.15, 0.2) is 0 Å². The van der Waals surface area contributed by atoms with Crippen molar-refractivity contribution in [1.29, 1.82) is 0 Å². The van der Waals surface area contributed by atoms with Gasteiger partial charge in [-0.05, 0) is 6.08 Å². The standard InChI is InChI=1S/C6H10O4.C2H4O2/c7-3-5-6(9)4(8)1-2-10-5;1-2(3)4/h1-2,4-9H,3H2;1H3,(H,3,4)/t4-,5-,6-;/m1./s1.